The maximum absolute atomic E-state index is 13.3. The van der Waals surface area contributed by atoms with Crippen LogP contribution in [0.2, 0.25) is 0 Å². The number of nitrogens with two attached hydrogens (primary N) is 1. The van der Waals surface area contributed by atoms with Gasteiger partial charge in [0.25, 0.3) is 0 Å². The Labute approximate surface area is 128 Å². The third-order valence-corrected chi connectivity index (χ3v) is 3.48. The number of ether oxygens (including phenoxy) is 1. The molecule has 3 nitrogen and oxygen atoms in total. The maximum atomic E-state index is 13.3. The normalized spacial score (nSPS) is 11.4. The fraction of sp³-hybridized carbons (Fsp3) is 0.188. The Balaban J connectivity index is 1.70. The van der Waals surface area contributed by atoms with E-state index in [1.54, 1.807) is 18.2 Å². The molecule has 21 heavy (non-hydrogen) atoms. The number of thioether (sulfide) groups is 1. The second-order valence-electron chi connectivity index (χ2n) is 4.27. The second-order valence-corrected chi connectivity index (χ2v) is 5.38. The van der Waals surface area contributed by atoms with E-state index in [2.05, 4.69) is 4.99 Å². The molecule has 0 unspecified atom stereocenters. The highest BCUT2D eigenvalue weighted by Crippen LogP contribution is 2.15. The molecule has 0 spiro atoms. The molecule has 0 bridgehead atoms. The first-order chi connectivity index (χ1) is 10.3. The van der Waals surface area contributed by atoms with Crippen molar-refractivity contribution in [2.24, 2.45) is 10.7 Å². The lowest BCUT2D eigenvalue weighted by molar-refractivity contribution is 0.325. The molecule has 0 atom stereocenters. The first kappa shape index (κ1) is 15.4. The van der Waals surface area contributed by atoms with Crippen molar-refractivity contribution in [2.75, 3.05) is 12.4 Å². The van der Waals surface area contributed by atoms with Crippen LogP contribution < -0.4 is 10.5 Å². The molecule has 0 aromatic heterocycles. The summed E-state index contributed by atoms with van der Waals surface area (Å²) >= 11 is 1.40. The van der Waals surface area contributed by atoms with E-state index in [0.29, 0.717) is 24.1 Å². The third-order valence-electron chi connectivity index (χ3n) is 2.69. The summed E-state index contributed by atoms with van der Waals surface area (Å²) in [4.78, 5) is 4.28. The summed E-state index contributed by atoms with van der Waals surface area (Å²) in [6.07, 6.45) is 0. The molecule has 0 saturated heterocycles. The van der Waals surface area contributed by atoms with Crippen LogP contribution in [-0.2, 0) is 6.54 Å². The van der Waals surface area contributed by atoms with E-state index in [9.17, 15) is 4.39 Å². The van der Waals surface area contributed by atoms with E-state index >= 15 is 0 Å². The molecule has 0 amide bonds. The topological polar surface area (TPSA) is 47.6 Å². The van der Waals surface area contributed by atoms with E-state index in [0.717, 1.165) is 5.56 Å². The molecule has 2 aromatic carbocycles. The lowest BCUT2D eigenvalue weighted by Gasteiger charge is -2.06. The van der Waals surface area contributed by atoms with Crippen LogP contribution >= 0.6 is 11.8 Å². The largest absolute Gasteiger partial charge is 0.490 e. The summed E-state index contributed by atoms with van der Waals surface area (Å²) in [5, 5.41) is 0.510. The van der Waals surface area contributed by atoms with Crippen LogP contribution in [0.3, 0.4) is 0 Å². The predicted molar refractivity (Wildman–Crippen MR) is 86.1 cm³/mol. The van der Waals surface area contributed by atoms with Gasteiger partial charge in [0.2, 0.25) is 0 Å². The quantitative estimate of drug-likeness (QED) is 0.505. The fourth-order valence-electron chi connectivity index (χ4n) is 1.66. The van der Waals surface area contributed by atoms with Gasteiger partial charge in [0.15, 0.2) is 16.7 Å². The zero-order valence-electron chi connectivity index (χ0n) is 11.5. The zero-order valence-corrected chi connectivity index (χ0v) is 12.4. The summed E-state index contributed by atoms with van der Waals surface area (Å²) in [5.41, 5.74) is 6.93. The molecule has 0 aliphatic heterocycles. The molecule has 0 radical (unpaired) electrons. The predicted octanol–water partition coefficient (Wildman–Crippen LogP) is 3.45. The van der Waals surface area contributed by atoms with Gasteiger partial charge in [-0.2, -0.15) is 0 Å². The number of amidine groups is 1. The van der Waals surface area contributed by atoms with Crippen molar-refractivity contribution in [1.82, 2.24) is 0 Å². The van der Waals surface area contributed by atoms with Crippen LogP contribution in [0, 0.1) is 5.82 Å². The van der Waals surface area contributed by atoms with E-state index < -0.39 is 0 Å². The van der Waals surface area contributed by atoms with Gasteiger partial charge in [0, 0.05) is 5.75 Å². The van der Waals surface area contributed by atoms with E-state index in [-0.39, 0.29) is 11.6 Å². The molecule has 110 valence electrons. The van der Waals surface area contributed by atoms with Crippen molar-refractivity contribution in [1.29, 1.82) is 0 Å². The molecular formula is C16H17FN2OS. The highest BCUT2D eigenvalue weighted by molar-refractivity contribution is 8.13. The van der Waals surface area contributed by atoms with Gasteiger partial charge < -0.3 is 10.5 Å². The summed E-state index contributed by atoms with van der Waals surface area (Å²) in [5.74, 6) is 0.532. The smallest absolute Gasteiger partial charge is 0.165 e. The van der Waals surface area contributed by atoms with Gasteiger partial charge in [-0.05, 0) is 17.7 Å². The summed E-state index contributed by atoms with van der Waals surface area (Å²) in [7, 11) is 0. The molecule has 0 aliphatic rings. The lowest BCUT2D eigenvalue weighted by atomic mass is 10.2. The molecule has 2 rings (SSSR count). The van der Waals surface area contributed by atoms with Gasteiger partial charge in [0.1, 0.15) is 0 Å². The van der Waals surface area contributed by atoms with Gasteiger partial charge in [-0.1, -0.05) is 54.2 Å². The van der Waals surface area contributed by atoms with E-state index in [1.807, 2.05) is 30.3 Å². The van der Waals surface area contributed by atoms with Crippen LogP contribution in [0.1, 0.15) is 5.56 Å². The van der Waals surface area contributed by atoms with Gasteiger partial charge in [0.05, 0.1) is 13.2 Å². The SMILES string of the molecule is NC(=NCc1ccccc1)SCCOc1ccccc1F. The molecule has 5 heteroatoms. The number of para-hydroxylation sites is 1. The first-order valence-electron chi connectivity index (χ1n) is 6.59. The number of hydrogen-bond donors (Lipinski definition) is 1. The Bertz CT molecular complexity index is 590. The fourth-order valence-corrected chi connectivity index (χ4v) is 2.19. The Morgan fingerprint density at radius 3 is 2.57 bits per heavy atom. The van der Waals surface area contributed by atoms with Crippen molar-refractivity contribution in [3.05, 3.63) is 66.0 Å². The Morgan fingerprint density at radius 2 is 1.81 bits per heavy atom. The zero-order chi connectivity index (χ0) is 14.9. The molecule has 0 aliphatic carbocycles. The summed E-state index contributed by atoms with van der Waals surface area (Å²) in [6, 6.07) is 16.3. The standard InChI is InChI=1S/C16H17FN2OS/c17-14-8-4-5-9-15(14)20-10-11-21-16(18)19-12-13-6-2-1-3-7-13/h1-9H,10-12H2,(H2,18,19). The summed E-state index contributed by atoms with van der Waals surface area (Å²) in [6.45, 7) is 0.945. The van der Waals surface area contributed by atoms with Gasteiger partial charge in [-0.15, -0.1) is 0 Å². The number of halogens is 1. The van der Waals surface area contributed by atoms with E-state index in [4.69, 9.17) is 10.5 Å². The second kappa shape index (κ2) is 8.32. The molecule has 0 heterocycles. The maximum Gasteiger partial charge on any atom is 0.165 e. The number of nitrogens with zero attached hydrogens (tertiary/aromatic N) is 1. The van der Waals surface area contributed by atoms with E-state index in [1.165, 1.54) is 17.8 Å². The van der Waals surface area contributed by atoms with Crippen molar-refractivity contribution in [2.45, 2.75) is 6.54 Å². The average molecular weight is 304 g/mol. The highest BCUT2D eigenvalue weighted by Gasteiger charge is 2.01. The number of rotatable bonds is 6. The molecule has 0 fully saturated rings. The minimum absolute atomic E-state index is 0.262. The van der Waals surface area contributed by atoms with Crippen molar-refractivity contribution < 1.29 is 9.13 Å². The molecule has 0 saturated carbocycles. The lowest BCUT2D eigenvalue weighted by Crippen LogP contribution is -2.11. The molecule has 2 N–H and O–H groups in total. The van der Waals surface area contributed by atoms with Crippen LogP contribution in [-0.4, -0.2) is 17.5 Å². The Hall–Kier alpha value is -2.01. The number of hydrogen-bond acceptors (Lipinski definition) is 3. The number of benzene rings is 2. The van der Waals surface area contributed by atoms with Gasteiger partial charge >= 0.3 is 0 Å². The van der Waals surface area contributed by atoms with Crippen molar-refractivity contribution in [3.63, 3.8) is 0 Å². The first-order valence-corrected chi connectivity index (χ1v) is 7.58. The van der Waals surface area contributed by atoms with Crippen LogP contribution in [0.25, 0.3) is 0 Å². The molecular weight excluding hydrogens is 287 g/mol. The van der Waals surface area contributed by atoms with Crippen molar-refractivity contribution in [3.8, 4) is 5.75 Å². The van der Waals surface area contributed by atoms with Gasteiger partial charge in [-0.3, -0.25) is 4.99 Å². The van der Waals surface area contributed by atoms with Gasteiger partial charge in [-0.25, -0.2) is 4.39 Å². The average Bonchev–Trinajstić information content (AvgIpc) is 2.52. The monoisotopic (exact) mass is 304 g/mol. The van der Waals surface area contributed by atoms with Crippen LogP contribution in [0.5, 0.6) is 5.75 Å². The molecule has 2 aromatic rings. The van der Waals surface area contributed by atoms with Crippen LogP contribution in [0.15, 0.2) is 59.6 Å². The Kier molecular flexibility index (Phi) is 6.09. The Morgan fingerprint density at radius 1 is 1.10 bits per heavy atom. The third kappa shape index (κ3) is 5.47. The van der Waals surface area contributed by atoms with Crippen molar-refractivity contribution >= 4 is 16.9 Å². The van der Waals surface area contributed by atoms with Crippen LogP contribution in [0.4, 0.5) is 4.39 Å². The number of aliphatic imine (C=N–C) groups is 1. The minimum atomic E-state index is -0.354. The highest BCUT2D eigenvalue weighted by atomic mass is 32.2. The minimum Gasteiger partial charge on any atom is -0.490 e. The summed E-state index contributed by atoms with van der Waals surface area (Å²) < 4.78 is 18.6.